The van der Waals surface area contributed by atoms with Crippen LogP contribution in [0.25, 0.3) is 0 Å². The number of imidazole rings is 1. The number of aryl methyl sites for hydroxylation is 1. The predicted octanol–water partition coefficient (Wildman–Crippen LogP) is 1.09. The summed E-state index contributed by atoms with van der Waals surface area (Å²) in [7, 11) is 2.00. The highest BCUT2D eigenvalue weighted by molar-refractivity contribution is 4.63. The van der Waals surface area contributed by atoms with Gasteiger partial charge in [0.2, 0.25) is 6.33 Å². The second kappa shape index (κ2) is 4.93. The Kier molecular flexibility index (Phi) is 3.80. The summed E-state index contributed by atoms with van der Waals surface area (Å²) in [5.41, 5.74) is 0. The molecule has 0 saturated carbocycles. The maximum absolute atomic E-state index is 5.42. The molecule has 0 spiro atoms. The van der Waals surface area contributed by atoms with Crippen LogP contribution in [0.1, 0.15) is 19.8 Å². The van der Waals surface area contributed by atoms with E-state index in [9.17, 15) is 0 Å². The molecule has 3 nitrogen and oxygen atoms in total. The third-order valence-corrected chi connectivity index (χ3v) is 1.71. The Morgan fingerprint density at radius 2 is 2.33 bits per heavy atom. The minimum atomic E-state index is 0.668. The third kappa shape index (κ3) is 3.05. The smallest absolute Gasteiger partial charge is 0.245 e. The molecule has 1 aromatic heterocycles. The van der Waals surface area contributed by atoms with Gasteiger partial charge in [0.1, 0.15) is 12.4 Å². The molecule has 0 radical (unpaired) electrons. The molecular weight excluding hydrogens is 152 g/mol. The number of rotatable bonds is 5. The summed E-state index contributed by atoms with van der Waals surface area (Å²) in [6.07, 6.45) is 8.36. The fourth-order valence-corrected chi connectivity index (χ4v) is 0.994. The van der Waals surface area contributed by atoms with Crippen LogP contribution in [0, 0.1) is 0 Å². The van der Waals surface area contributed by atoms with E-state index in [2.05, 4.69) is 6.92 Å². The molecule has 1 heterocycles. The molecule has 1 rings (SSSR count). The fraction of sp³-hybridized carbons (Fsp3) is 0.667. The first-order valence-electron chi connectivity index (χ1n) is 4.41. The van der Waals surface area contributed by atoms with Crippen LogP contribution >= 0.6 is 0 Å². The van der Waals surface area contributed by atoms with Gasteiger partial charge in [-0.3, -0.25) is 0 Å². The van der Waals surface area contributed by atoms with Gasteiger partial charge in [0.05, 0.1) is 13.7 Å². The van der Waals surface area contributed by atoms with Crippen molar-refractivity contribution in [2.45, 2.75) is 26.5 Å². The summed E-state index contributed by atoms with van der Waals surface area (Å²) in [5, 5.41) is 0. The molecule has 1 aromatic rings. The van der Waals surface area contributed by atoms with Gasteiger partial charge in [0.25, 0.3) is 0 Å². The minimum Gasteiger partial charge on any atom is -0.342 e. The molecule has 0 aromatic carbocycles. The molecule has 3 heteroatoms. The first kappa shape index (κ1) is 9.26. The van der Waals surface area contributed by atoms with E-state index < -0.39 is 0 Å². The van der Waals surface area contributed by atoms with Crippen LogP contribution in [0.5, 0.6) is 0 Å². The molecule has 0 fully saturated rings. The van der Waals surface area contributed by atoms with Crippen LogP contribution in [0.2, 0.25) is 0 Å². The topological polar surface area (TPSA) is 18.0 Å². The third-order valence-electron chi connectivity index (χ3n) is 1.71. The van der Waals surface area contributed by atoms with Gasteiger partial charge in [-0.1, -0.05) is 13.3 Å². The summed E-state index contributed by atoms with van der Waals surface area (Å²) in [5.74, 6) is 0. The van der Waals surface area contributed by atoms with E-state index >= 15 is 0 Å². The molecule has 0 N–H and O–H groups in total. The second-order valence-electron chi connectivity index (χ2n) is 2.98. The highest BCUT2D eigenvalue weighted by atomic mass is 16.5. The molecule has 0 bridgehead atoms. The maximum atomic E-state index is 5.42. The van der Waals surface area contributed by atoms with E-state index in [4.69, 9.17) is 4.74 Å². The maximum Gasteiger partial charge on any atom is 0.245 e. The molecule has 12 heavy (non-hydrogen) atoms. The number of hydrogen-bond donors (Lipinski definition) is 0. The number of nitrogens with zero attached hydrogens (tertiary/aromatic N) is 2. The van der Waals surface area contributed by atoms with Gasteiger partial charge in [-0.25, -0.2) is 9.13 Å². The van der Waals surface area contributed by atoms with Crippen LogP contribution in [0.15, 0.2) is 18.7 Å². The van der Waals surface area contributed by atoms with E-state index in [1.807, 2.05) is 34.9 Å². The van der Waals surface area contributed by atoms with Crippen LogP contribution in [-0.2, 0) is 18.5 Å². The first-order valence-corrected chi connectivity index (χ1v) is 4.41. The molecular formula is C9H17N2O+. The van der Waals surface area contributed by atoms with Crippen molar-refractivity contribution in [3.63, 3.8) is 0 Å². The van der Waals surface area contributed by atoms with E-state index in [1.165, 1.54) is 6.42 Å². The van der Waals surface area contributed by atoms with Gasteiger partial charge in [-0.15, -0.1) is 0 Å². The molecule has 0 unspecified atom stereocenters. The van der Waals surface area contributed by atoms with Crippen molar-refractivity contribution in [3.05, 3.63) is 18.7 Å². The highest BCUT2D eigenvalue weighted by Gasteiger charge is 1.97. The number of hydrogen-bond acceptors (Lipinski definition) is 1. The Bertz CT molecular complexity index is 220. The lowest BCUT2D eigenvalue weighted by Crippen LogP contribution is -2.23. The van der Waals surface area contributed by atoms with E-state index in [1.54, 1.807) is 0 Å². The van der Waals surface area contributed by atoms with Crippen LogP contribution in [0.4, 0.5) is 0 Å². The molecule has 0 aliphatic rings. The van der Waals surface area contributed by atoms with E-state index in [0.29, 0.717) is 6.73 Å². The molecule has 0 aliphatic heterocycles. The van der Waals surface area contributed by atoms with Crippen molar-refractivity contribution >= 4 is 0 Å². The fourth-order valence-electron chi connectivity index (χ4n) is 0.994. The molecule has 0 saturated heterocycles. The zero-order valence-corrected chi connectivity index (χ0v) is 7.86. The van der Waals surface area contributed by atoms with Crippen molar-refractivity contribution < 1.29 is 9.30 Å². The van der Waals surface area contributed by atoms with Crippen LogP contribution < -0.4 is 4.57 Å². The lowest BCUT2D eigenvalue weighted by atomic mass is 10.4. The van der Waals surface area contributed by atoms with Crippen molar-refractivity contribution in [1.82, 2.24) is 4.57 Å². The minimum absolute atomic E-state index is 0.668. The quantitative estimate of drug-likeness (QED) is 0.476. The Morgan fingerprint density at radius 3 is 2.92 bits per heavy atom. The lowest BCUT2D eigenvalue weighted by Gasteiger charge is -1.98. The second-order valence-corrected chi connectivity index (χ2v) is 2.98. The summed E-state index contributed by atoms with van der Waals surface area (Å²) in [6, 6.07) is 0. The van der Waals surface area contributed by atoms with Crippen molar-refractivity contribution in [2.75, 3.05) is 6.61 Å². The van der Waals surface area contributed by atoms with Crippen molar-refractivity contribution in [2.24, 2.45) is 7.05 Å². The van der Waals surface area contributed by atoms with Gasteiger partial charge >= 0.3 is 0 Å². The highest BCUT2D eigenvalue weighted by Crippen LogP contribution is 1.90. The van der Waals surface area contributed by atoms with Crippen molar-refractivity contribution in [3.8, 4) is 0 Å². The normalized spacial score (nSPS) is 10.5. The summed E-state index contributed by atoms with van der Waals surface area (Å²) >= 11 is 0. The predicted molar refractivity (Wildman–Crippen MR) is 46.5 cm³/mol. The van der Waals surface area contributed by atoms with Gasteiger partial charge < -0.3 is 4.74 Å². The largest absolute Gasteiger partial charge is 0.342 e. The van der Waals surface area contributed by atoms with E-state index in [0.717, 1.165) is 13.0 Å². The van der Waals surface area contributed by atoms with Crippen LogP contribution in [0.3, 0.4) is 0 Å². The van der Waals surface area contributed by atoms with Gasteiger partial charge in [-0.2, -0.15) is 0 Å². The number of unbranched alkanes of at least 4 members (excludes halogenated alkanes) is 1. The summed E-state index contributed by atoms with van der Waals surface area (Å²) in [6.45, 7) is 3.69. The average molecular weight is 169 g/mol. The average Bonchev–Trinajstić information content (AvgIpc) is 2.45. The number of aromatic nitrogens is 2. The monoisotopic (exact) mass is 169 g/mol. The van der Waals surface area contributed by atoms with Gasteiger partial charge in [-0.05, 0) is 6.42 Å². The Morgan fingerprint density at radius 1 is 1.50 bits per heavy atom. The molecule has 68 valence electrons. The number of ether oxygens (including phenoxy) is 1. The SMILES string of the molecule is CCCCOCn1cc[n+](C)c1. The Balaban J connectivity index is 2.15. The van der Waals surface area contributed by atoms with Gasteiger partial charge in [0.15, 0.2) is 6.73 Å². The van der Waals surface area contributed by atoms with Crippen molar-refractivity contribution in [1.29, 1.82) is 0 Å². The Hall–Kier alpha value is -0.830. The summed E-state index contributed by atoms with van der Waals surface area (Å²) in [4.78, 5) is 0. The lowest BCUT2D eigenvalue weighted by molar-refractivity contribution is -0.671. The zero-order chi connectivity index (χ0) is 8.81. The standard InChI is InChI=1S/C9H17N2O/c1-3-4-7-12-9-11-6-5-10(2)8-11/h5-6,8H,3-4,7,9H2,1-2H3/q+1. The Labute approximate surface area is 73.6 Å². The van der Waals surface area contributed by atoms with E-state index in [-0.39, 0.29) is 0 Å². The van der Waals surface area contributed by atoms with Gasteiger partial charge in [0, 0.05) is 0 Å². The first-order chi connectivity index (χ1) is 5.83. The molecule has 0 amide bonds. The summed E-state index contributed by atoms with van der Waals surface area (Å²) < 4.78 is 9.45. The molecule has 0 atom stereocenters. The molecule has 0 aliphatic carbocycles. The zero-order valence-electron chi connectivity index (χ0n) is 7.86. The van der Waals surface area contributed by atoms with Crippen LogP contribution in [-0.4, -0.2) is 11.2 Å².